The van der Waals surface area contributed by atoms with Crippen molar-refractivity contribution in [1.29, 1.82) is 0 Å². The molecule has 12 atom stereocenters. The van der Waals surface area contributed by atoms with Gasteiger partial charge in [-0.1, -0.05) is 62.7 Å². The number of phenolic OH excluding ortho intramolecular Hbond substituents is 1. The molecule has 2 aromatic carbocycles. The van der Waals surface area contributed by atoms with Gasteiger partial charge in [-0.15, -0.1) is 0 Å². The van der Waals surface area contributed by atoms with Gasteiger partial charge in [0.05, 0.1) is 19.1 Å². The topological polar surface area (TPSA) is 784 Å². The molecule has 0 saturated carbocycles. The number of aliphatic hydroxyl groups is 1. The number of nitrogens with one attached hydrogen (secondary N) is 10. The molecule has 0 aromatic heterocycles. The van der Waals surface area contributed by atoms with Crippen molar-refractivity contribution < 1.29 is 106 Å². The monoisotopic (exact) mass is 1690 g/mol. The lowest BCUT2D eigenvalue weighted by atomic mass is 10.0. The Bertz CT molecular complexity index is 3780. The number of carbonyl (C=O) groups is 15. The fraction of sp³-hybridized carbons (Fsp3) is 0.583. The minimum atomic E-state index is -5.08. The lowest BCUT2D eigenvalue weighted by Gasteiger charge is -2.31. The fourth-order valence-electron chi connectivity index (χ4n) is 11.7. The van der Waals surface area contributed by atoms with Crippen LogP contribution >= 0.6 is 0 Å². The highest BCUT2D eigenvalue weighted by atomic mass is 19.4. The number of benzene rings is 2. The molecule has 47 heteroatoms. The van der Waals surface area contributed by atoms with Gasteiger partial charge in [-0.05, 0) is 132 Å². The summed E-state index contributed by atoms with van der Waals surface area (Å²) in [4.78, 5) is 217. The molecule has 13 amide bonds. The highest BCUT2D eigenvalue weighted by Gasteiger charge is 2.42. The minimum Gasteiger partial charge on any atom is -0.508 e. The second-order valence-electron chi connectivity index (χ2n) is 28.1. The molecule has 0 radical (unpaired) electrons. The van der Waals surface area contributed by atoms with E-state index in [1.165, 1.54) is 43.0 Å². The van der Waals surface area contributed by atoms with E-state index in [1.807, 2.05) is 0 Å². The molecule has 664 valence electrons. The van der Waals surface area contributed by atoms with Crippen LogP contribution in [0.2, 0.25) is 0 Å². The molecule has 36 N–H and O–H groups in total. The number of aliphatic hydroxyl groups excluding tert-OH is 1. The summed E-state index contributed by atoms with van der Waals surface area (Å²) in [7, 11) is 0. The molecular weight excluding hydrogens is 1580 g/mol. The first kappa shape index (κ1) is 103. The van der Waals surface area contributed by atoms with Crippen LogP contribution in [-0.4, -0.2) is 256 Å². The third-order valence-corrected chi connectivity index (χ3v) is 18.0. The van der Waals surface area contributed by atoms with Gasteiger partial charge in [0.25, 0.3) is 0 Å². The molecule has 1 fully saturated rings. The summed E-state index contributed by atoms with van der Waals surface area (Å²) >= 11 is 0. The van der Waals surface area contributed by atoms with Crippen molar-refractivity contribution in [2.24, 2.45) is 84.0 Å². The van der Waals surface area contributed by atoms with Crippen molar-refractivity contribution in [3.8, 4) is 5.75 Å². The molecule has 0 spiro atoms. The first-order valence-electron chi connectivity index (χ1n) is 38.2. The summed E-state index contributed by atoms with van der Waals surface area (Å²) in [5, 5.41) is 63.0. The number of carboxylic acid groups (broad SMARTS) is 2. The van der Waals surface area contributed by atoms with Gasteiger partial charge >= 0.3 is 18.1 Å². The number of guanidine groups is 3. The number of halogens is 3. The van der Waals surface area contributed by atoms with Crippen molar-refractivity contribution in [2.75, 3.05) is 45.9 Å². The molecule has 3 rings (SSSR count). The summed E-state index contributed by atoms with van der Waals surface area (Å²) in [5.74, 6) is -18.8. The summed E-state index contributed by atoms with van der Waals surface area (Å²) < 4.78 is 31.7. The normalized spacial score (nSPS) is 15.1. The maximum absolute atomic E-state index is 14.8. The molecule has 1 aliphatic heterocycles. The van der Waals surface area contributed by atoms with Gasteiger partial charge in [0, 0.05) is 45.4 Å². The SMILES string of the molecule is CC(C)[C@H](NC(=O)[C@H](CC(N)=O)NC(=O)[C@H](CO)NC(=O)[C@H](Cc1ccc(O)cc1)NC(=O)[C@H](CCCN=C(N)N)NC(=O)[C@H](CCCN=C(N)N)NC(=O)[C@H](CCC(N)=O)NC(=O)[C@@H]1CCCN1C(=O)[C@H](CCCN=C(N)N)NC(=O)[C@H](CCCCN)NC(=O)[C@@H](N)CCCCN)C(=O)N[C@@H](Cc1ccccc1)C(=O)O.O=C(O)C(F)(F)F. The summed E-state index contributed by atoms with van der Waals surface area (Å²) in [6.45, 7) is 2.26. The Kier molecular flexibility index (Phi) is 46.5. The Morgan fingerprint density at radius 3 is 1.32 bits per heavy atom. The zero-order valence-corrected chi connectivity index (χ0v) is 66.3. The number of phenols is 1. The van der Waals surface area contributed by atoms with E-state index in [0.717, 1.165) is 0 Å². The van der Waals surface area contributed by atoms with Crippen molar-refractivity contribution in [3.05, 3.63) is 65.7 Å². The Morgan fingerprint density at radius 2 is 0.866 bits per heavy atom. The van der Waals surface area contributed by atoms with Gasteiger partial charge in [0.2, 0.25) is 76.8 Å². The van der Waals surface area contributed by atoms with E-state index in [0.29, 0.717) is 37.8 Å². The molecule has 0 aliphatic carbocycles. The number of likely N-dealkylation sites (tertiary alicyclic amines) is 1. The molecule has 44 nitrogen and oxygen atoms in total. The van der Waals surface area contributed by atoms with E-state index in [-0.39, 0.29) is 133 Å². The molecule has 2 aromatic rings. The Balaban J connectivity index is 0.00000654. The first-order chi connectivity index (χ1) is 56.0. The second kappa shape index (κ2) is 53.9. The number of nitrogens with two attached hydrogens (primary N) is 11. The Morgan fingerprint density at radius 1 is 0.471 bits per heavy atom. The molecule has 119 heavy (non-hydrogen) atoms. The number of aromatic hydroxyl groups is 1. The number of hydrogen-bond donors (Lipinski definition) is 25. The average Bonchev–Trinajstić information content (AvgIpc) is 1.75. The van der Waals surface area contributed by atoms with Crippen molar-refractivity contribution >= 4 is 107 Å². The van der Waals surface area contributed by atoms with E-state index in [2.05, 4.69) is 68.1 Å². The van der Waals surface area contributed by atoms with Crippen LogP contribution in [0.25, 0.3) is 0 Å². The van der Waals surface area contributed by atoms with E-state index in [4.69, 9.17) is 73.0 Å². The lowest BCUT2D eigenvalue weighted by molar-refractivity contribution is -0.192. The Hall–Kier alpha value is -12.3. The minimum absolute atomic E-state index is 0.0193. The molecule has 0 bridgehead atoms. The van der Waals surface area contributed by atoms with Crippen molar-refractivity contribution in [2.45, 2.75) is 215 Å². The number of carbonyl (C=O) groups excluding carboxylic acids is 13. The zero-order chi connectivity index (χ0) is 89.6. The van der Waals surface area contributed by atoms with Gasteiger partial charge in [-0.25, -0.2) is 9.59 Å². The van der Waals surface area contributed by atoms with Crippen LogP contribution in [0.3, 0.4) is 0 Å². The number of unbranched alkanes of at least 4 members (excludes halogenated alkanes) is 2. The number of alkyl halides is 3. The number of aliphatic carboxylic acids is 2. The van der Waals surface area contributed by atoms with E-state index >= 15 is 0 Å². The van der Waals surface area contributed by atoms with Crippen LogP contribution in [0, 0.1) is 5.92 Å². The van der Waals surface area contributed by atoms with Crippen LogP contribution in [0.5, 0.6) is 5.75 Å². The van der Waals surface area contributed by atoms with Crippen LogP contribution in [0.1, 0.15) is 134 Å². The predicted molar refractivity (Wildman–Crippen MR) is 425 cm³/mol. The maximum Gasteiger partial charge on any atom is 0.490 e. The summed E-state index contributed by atoms with van der Waals surface area (Å²) in [6.07, 6.45) is -5.42. The molecule has 1 heterocycles. The largest absolute Gasteiger partial charge is 0.508 e. The van der Waals surface area contributed by atoms with E-state index < -0.39 is 206 Å². The van der Waals surface area contributed by atoms with Gasteiger partial charge in [0.1, 0.15) is 72.2 Å². The Labute approximate surface area is 683 Å². The molecule has 1 saturated heterocycles. The fourth-order valence-corrected chi connectivity index (χ4v) is 11.7. The number of primary amides is 2. The third kappa shape index (κ3) is 40.4. The van der Waals surface area contributed by atoms with Crippen LogP contribution < -0.4 is 116 Å². The van der Waals surface area contributed by atoms with Gasteiger partial charge in [-0.3, -0.25) is 77.3 Å². The number of hydrogen-bond acceptors (Lipinski definition) is 23. The third-order valence-electron chi connectivity index (χ3n) is 18.0. The molecule has 0 unspecified atom stereocenters. The van der Waals surface area contributed by atoms with E-state index in [1.54, 1.807) is 30.3 Å². The highest BCUT2D eigenvalue weighted by Crippen LogP contribution is 2.22. The van der Waals surface area contributed by atoms with Crippen molar-refractivity contribution in [1.82, 2.24) is 58.1 Å². The maximum atomic E-state index is 14.8. The van der Waals surface area contributed by atoms with Crippen molar-refractivity contribution in [3.63, 3.8) is 0 Å². The molecule has 1 aliphatic rings. The average molecular weight is 1690 g/mol. The number of amides is 13. The number of aliphatic imine (C=N–C) groups is 3. The second-order valence-corrected chi connectivity index (χ2v) is 28.1. The standard InChI is InChI=1S/C70H115N25O17.C2HF3O2/c1-38(2)55(65(109)92-50(67(111)112)35-39-14-4-3-5-15-39)94-62(106)49(36-54(75)99)91-63(107)51(37-96)93-61(105)48(34-40-22-24-41(97)25-23-40)90-59(103)45(19-11-31-83-69(78)79)86-57(101)44(18-10-30-82-68(76)77)87-60(104)46(26-27-53(74)98)88-64(108)52-21-13-33-95(52)66(110)47(20-12-32-84-70(80)81)89-58(102)43(17-7-9-29-72)85-56(100)42(73)16-6-8-28-71;3-2(4,5)1(6)7/h3-5,14-15,22-25,38,42-52,55,96-97H,6-13,16-21,26-37,71-73H2,1-2H3,(H2,74,98)(H2,75,99)(H,85,100)(H,86,101)(H,87,104)(H,88,108)(H,89,102)(H,90,103)(H,91,107)(H,92,109)(H,93,105)(H,94,106)(H,111,112)(H4,76,77,82)(H4,78,79,83)(H4,80,81,84);(H,6,7)/t42-,43-,44-,45-,46-,47-,48-,49-,50-,51-,52-,55-;/m0./s1. The van der Waals surface area contributed by atoms with Gasteiger partial charge in [-0.2, -0.15) is 13.2 Å². The van der Waals surface area contributed by atoms with Crippen LogP contribution in [0.15, 0.2) is 69.6 Å². The number of nitrogens with zero attached hydrogens (tertiary/aromatic N) is 4. The number of rotatable bonds is 53. The van der Waals surface area contributed by atoms with Crippen LogP contribution in [-0.2, 0) is 84.8 Å². The quantitative estimate of drug-likeness (QED) is 0.0166. The first-order valence-corrected chi connectivity index (χ1v) is 38.2. The lowest BCUT2D eigenvalue weighted by Crippen LogP contribution is -2.61. The van der Waals surface area contributed by atoms with Gasteiger partial charge in [0.15, 0.2) is 17.9 Å². The smallest absolute Gasteiger partial charge is 0.490 e. The number of carboxylic acids is 2. The molecular formula is C72H116F3N25O19. The van der Waals surface area contributed by atoms with Gasteiger partial charge < -0.3 is 142 Å². The highest BCUT2D eigenvalue weighted by molar-refractivity contribution is 6.00. The van der Waals surface area contributed by atoms with E-state index in [9.17, 15) is 95.6 Å². The summed E-state index contributed by atoms with van der Waals surface area (Å²) in [6, 6.07) is -4.70. The summed E-state index contributed by atoms with van der Waals surface area (Å²) in [5.41, 5.74) is 63.0. The zero-order valence-electron chi connectivity index (χ0n) is 66.3. The predicted octanol–water partition coefficient (Wildman–Crippen LogP) is -7.73. The van der Waals surface area contributed by atoms with Crippen LogP contribution in [0.4, 0.5) is 13.2 Å².